The molecule has 0 aliphatic rings. The van der Waals surface area contributed by atoms with Gasteiger partial charge in [0.1, 0.15) is 4.90 Å². The normalized spacial score (nSPS) is 11.2. The van der Waals surface area contributed by atoms with Crippen LogP contribution in [0.3, 0.4) is 0 Å². The zero-order valence-corrected chi connectivity index (χ0v) is 17.5. The van der Waals surface area contributed by atoms with Crippen LogP contribution in [-0.2, 0) is 10.0 Å². The second-order valence-corrected chi connectivity index (χ2v) is 8.64. The molecule has 2 N–H and O–H groups in total. The Morgan fingerprint density at radius 3 is 2.40 bits per heavy atom. The van der Waals surface area contributed by atoms with Gasteiger partial charge in [0.25, 0.3) is 15.9 Å². The lowest BCUT2D eigenvalue weighted by Crippen LogP contribution is -2.17. The first-order valence-electron chi connectivity index (χ1n) is 8.73. The average Bonchev–Trinajstić information content (AvgIpc) is 2.68. The van der Waals surface area contributed by atoms with Gasteiger partial charge in [0, 0.05) is 17.3 Å². The zero-order chi connectivity index (χ0) is 22.1. The third-order valence-electron chi connectivity index (χ3n) is 4.51. The Labute approximate surface area is 177 Å². The highest BCUT2D eigenvalue weighted by Gasteiger charge is 2.21. The fourth-order valence-corrected chi connectivity index (χ4v) is 4.34. The molecule has 0 heterocycles. The minimum atomic E-state index is -4.10. The molecule has 0 aromatic heterocycles. The largest absolute Gasteiger partial charge is 0.322 e. The van der Waals surface area contributed by atoms with Gasteiger partial charge in [0.15, 0.2) is 11.6 Å². The monoisotopic (exact) mass is 450 g/mol. The lowest BCUT2D eigenvalue weighted by molar-refractivity contribution is 0.102. The smallest absolute Gasteiger partial charge is 0.263 e. The third kappa shape index (κ3) is 4.60. The van der Waals surface area contributed by atoms with Crippen molar-refractivity contribution in [2.45, 2.75) is 18.7 Å². The predicted molar refractivity (Wildman–Crippen MR) is 112 cm³/mol. The molecule has 0 unspecified atom stereocenters. The molecular weight excluding hydrogens is 434 g/mol. The third-order valence-corrected chi connectivity index (χ3v) is 6.36. The minimum Gasteiger partial charge on any atom is -0.322 e. The summed E-state index contributed by atoms with van der Waals surface area (Å²) in [6.45, 7) is 3.63. The van der Waals surface area contributed by atoms with Gasteiger partial charge in [-0.3, -0.25) is 9.52 Å². The van der Waals surface area contributed by atoms with Crippen molar-refractivity contribution in [3.63, 3.8) is 0 Å². The van der Waals surface area contributed by atoms with Crippen LogP contribution in [-0.4, -0.2) is 14.3 Å². The van der Waals surface area contributed by atoms with Crippen LogP contribution in [0, 0.1) is 25.5 Å². The quantitative estimate of drug-likeness (QED) is 0.554. The van der Waals surface area contributed by atoms with Crippen molar-refractivity contribution in [1.29, 1.82) is 0 Å². The molecular formula is C21H17ClF2N2O3S. The molecule has 0 radical (unpaired) electrons. The highest BCUT2D eigenvalue weighted by atomic mass is 35.5. The molecule has 156 valence electrons. The second-order valence-electron chi connectivity index (χ2n) is 6.58. The molecule has 3 rings (SSSR count). The molecule has 1 amide bonds. The molecule has 0 aliphatic heterocycles. The number of carbonyl (C=O) groups is 1. The summed E-state index contributed by atoms with van der Waals surface area (Å²) in [5.41, 5.74) is 2.05. The molecule has 9 heteroatoms. The second kappa shape index (κ2) is 8.41. The zero-order valence-electron chi connectivity index (χ0n) is 16.0. The summed E-state index contributed by atoms with van der Waals surface area (Å²) in [4.78, 5) is 12.2. The Morgan fingerprint density at radius 1 is 0.967 bits per heavy atom. The Morgan fingerprint density at radius 2 is 1.70 bits per heavy atom. The SMILES string of the molecule is Cc1cccc(NS(=O)(=O)c2cc(C(=O)Nc3ccc(F)c(F)c3)ccc2Cl)c1C. The molecule has 0 spiro atoms. The van der Waals surface area contributed by atoms with Crippen LogP contribution >= 0.6 is 11.6 Å². The van der Waals surface area contributed by atoms with Crippen molar-refractivity contribution in [3.05, 3.63) is 87.9 Å². The van der Waals surface area contributed by atoms with Gasteiger partial charge in [-0.05, 0) is 61.4 Å². The molecule has 0 bridgehead atoms. The summed E-state index contributed by atoms with van der Waals surface area (Å²) in [5.74, 6) is -2.88. The number of nitrogens with one attached hydrogen (secondary N) is 2. The Kier molecular flexibility index (Phi) is 6.09. The first-order valence-corrected chi connectivity index (χ1v) is 10.6. The van der Waals surface area contributed by atoms with Gasteiger partial charge in [-0.15, -0.1) is 0 Å². The van der Waals surface area contributed by atoms with Crippen molar-refractivity contribution in [2.75, 3.05) is 10.0 Å². The van der Waals surface area contributed by atoms with Crippen LogP contribution in [0.25, 0.3) is 0 Å². The van der Waals surface area contributed by atoms with E-state index >= 15 is 0 Å². The fraction of sp³-hybridized carbons (Fsp3) is 0.0952. The summed E-state index contributed by atoms with van der Waals surface area (Å²) in [6, 6.07) is 11.8. The first-order chi connectivity index (χ1) is 14.1. The average molecular weight is 451 g/mol. The van der Waals surface area contributed by atoms with Gasteiger partial charge in [-0.25, -0.2) is 17.2 Å². The number of sulfonamides is 1. The number of aryl methyl sites for hydroxylation is 1. The van der Waals surface area contributed by atoms with Crippen LogP contribution in [0.5, 0.6) is 0 Å². The van der Waals surface area contributed by atoms with Crippen molar-refractivity contribution in [3.8, 4) is 0 Å². The van der Waals surface area contributed by atoms with Gasteiger partial charge in [0.2, 0.25) is 0 Å². The number of hydrogen-bond acceptors (Lipinski definition) is 3. The van der Waals surface area contributed by atoms with Crippen molar-refractivity contribution in [1.82, 2.24) is 0 Å². The molecule has 0 atom stereocenters. The number of halogens is 3. The molecule has 0 fully saturated rings. The number of hydrogen-bond donors (Lipinski definition) is 2. The number of benzene rings is 3. The van der Waals surface area contributed by atoms with Gasteiger partial charge in [0.05, 0.1) is 10.7 Å². The lowest BCUT2D eigenvalue weighted by atomic mass is 10.1. The maximum atomic E-state index is 13.3. The summed E-state index contributed by atoms with van der Waals surface area (Å²) < 4.78 is 54.6. The van der Waals surface area contributed by atoms with E-state index < -0.39 is 27.6 Å². The lowest BCUT2D eigenvalue weighted by Gasteiger charge is -2.14. The Bertz CT molecular complexity index is 1250. The van der Waals surface area contributed by atoms with E-state index in [1.807, 2.05) is 13.0 Å². The highest BCUT2D eigenvalue weighted by molar-refractivity contribution is 7.92. The van der Waals surface area contributed by atoms with Gasteiger partial charge >= 0.3 is 0 Å². The summed E-state index contributed by atoms with van der Waals surface area (Å²) in [6.07, 6.45) is 0. The van der Waals surface area contributed by atoms with Crippen LogP contribution < -0.4 is 10.0 Å². The van der Waals surface area contributed by atoms with E-state index in [4.69, 9.17) is 11.6 Å². The predicted octanol–water partition coefficient (Wildman–Crippen LogP) is 5.29. The first kappa shape index (κ1) is 21.7. The standard InChI is InChI=1S/C21H17ClF2N2O3S/c1-12-4-3-5-19(13(12)2)26-30(28,29)20-10-14(6-8-16(20)22)21(27)25-15-7-9-17(23)18(24)11-15/h3-11,26H,1-2H3,(H,25,27). The summed E-state index contributed by atoms with van der Waals surface area (Å²) in [7, 11) is -4.10. The van der Waals surface area contributed by atoms with E-state index in [2.05, 4.69) is 10.0 Å². The number of carbonyl (C=O) groups excluding carboxylic acids is 1. The van der Waals surface area contributed by atoms with Crippen LogP contribution in [0.1, 0.15) is 21.5 Å². The fourth-order valence-electron chi connectivity index (χ4n) is 2.69. The molecule has 3 aromatic rings. The summed E-state index contributed by atoms with van der Waals surface area (Å²) >= 11 is 6.08. The van der Waals surface area contributed by atoms with E-state index in [1.54, 1.807) is 19.1 Å². The van der Waals surface area contributed by atoms with Crippen LogP contribution in [0.2, 0.25) is 5.02 Å². The molecule has 5 nitrogen and oxygen atoms in total. The van der Waals surface area contributed by atoms with Crippen molar-refractivity contribution in [2.24, 2.45) is 0 Å². The van der Waals surface area contributed by atoms with Crippen molar-refractivity contribution >= 4 is 38.9 Å². The molecule has 0 saturated carbocycles. The van der Waals surface area contributed by atoms with Gasteiger partial charge < -0.3 is 5.32 Å². The molecule has 30 heavy (non-hydrogen) atoms. The van der Waals surface area contributed by atoms with Crippen LogP contribution in [0.4, 0.5) is 20.2 Å². The number of rotatable bonds is 5. The number of amides is 1. The highest BCUT2D eigenvalue weighted by Crippen LogP contribution is 2.27. The van der Waals surface area contributed by atoms with Gasteiger partial charge in [-0.2, -0.15) is 0 Å². The molecule has 0 saturated heterocycles. The molecule has 3 aromatic carbocycles. The van der Waals surface area contributed by atoms with E-state index in [0.29, 0.717) is 5.69 Å². The Hall–Kier alpha value is -2.97. The number of anilines is 2. The Balaban J connectivity index is 1.91. The van der Waals surface area contributed by atoms with E-state index in [9.17, 15) is 22.0 Å². The van der Waals surface area contributed by atoms with Crippen molar-refractivity contribution < 1.29 is 22.0 Å². The van der Waals surface area contributed by atoms with E-state index in [0.717, 1.165) is 29.3 Å². The van der Waals surface area contributed by atoms with E-state index in [1.165, 1.54) is 18.2 Å². The molecule has 0 aliphatic carbocycles. The van der Waals surface area contributed by atoms with Crippen LogP contribution in [0.15, 0.2) is 59.5 Å². The maximum absolute atomic E-state index is 13.3. The summed E-state index contributed by atoms with van der Waals surface area (Å²) in [5, 5.41) is 2.31. The van der Waals surface area contributed by atoms with Gasteiger partial charge in [-0.1, -0.05) is 23.7 Å². The van der Waals surface area contributed by atoms with E-state index in [-0.39, 0.29) is 21.2 Å². The maximum Gasteiger partial charge on any atom is 0.263 e. The minimum absolute atomic E-state index is 0.0202. The topological polar surface area (TPSA) is 75.3 Å².